The van der Waals surface area contributed by atoms with E-state index in [0.29, 0.717) is 11.6 Å². The van der Waals surface area contributed by atoms with Gasteiger partial charge in [-0.3, -0.25) is 4.98 Å². The predicted molar refractivity (Wildman–Crippen MR) is 94.9 cm³/mol. The molecule has 0 aliphatic heterocycles. The van der Waals surface area contributed by atoms with Crippen molar-refractivity contribution in [2.45, 2.75) is 38.1 Å². The monoisotopic (exact) mass is 320 g/mol. The van der Waals surface area contributed by atoms with Crippen molar-refractivity contribution in [1.82, 2.24) is 15.0 Å². The molecule has 1 aliphatic rings. The molecule has 0 spiro atoms. The molecule has 0 atom stereocenters. The standard InChI is InChI=1S/C19H20N4O/c24-18-8-9-20-11-16(18)13-6-7-17-15(10-13)19(22-12-21-17)23-14-4-2-1-3-5-14/h6-12,14H,1-5H2,(H,20,24)(H,21,22,23). The normalized spacial score (nSPS) is 15.5. The summed E-state index contributed by atoms with van der Waals surface area (Å²) in [6.45, 7) is 0. The second-order valence-electron chi connectivity index (χ2n) is 6.33. The van der Waals surface area contributed by atoms with E-state index < -0.39 is 0 Å². The minimum absolute atomic E-state index is 0.225. The summed E-state index contributed by atoms with van der Waals surface area (Å²) in [4.78, 5) is 12.9. The molecule has 0 amide bonds. The first-order chi connectivity index (χ1) is 11.8. The van der Waals surface area contributed by atoms with Crippen LogP contribution in [0.4, 0.5) is 5.82 Å². The molecule has 0 radical (unpaired) electrons. The molecule has 4 rings (SSSR count). The molecule has 0 bridgehead atoms. The maximum Gasteiger partial charge on any atom is 0.137 e. The van der Waals surface area contributed by atoms with Gasteiger partial charge in [0, 0.05) is 29.4 Å². The van der Waals surface area contributed by atoms with Crippen molar-refractivity contribution in [1.29, 1.82) is 0 Å². The number of aromatic hydroxyl groups is 1. The first-order valence-electron chi connectivity index (χ1n) is 8.46. The maximum absolute atomic E-state index is 10.1. The Morgan fingerprint density at radius 1 is 1.04 bits per heavy atom. The van der Waals surface area contributed by atoms with Crippen molar-refractivity contribution in [3.05, 3.63) is 43.0 Å². The number of nitrogens with zero attached hydrogens (tertiary/aromatic N) is 3. The van der Waals surface area contributed by atoms with Crippen molar-refractivity contribution in [2.75, 3.05) is 5.32 Å². The van der Waals surface area contributed by atoms with Gasteiger partial charge in [-0.05, 0) is 36.6 Å². The number of anilines is 1. The van der Waals surface area contributed by atoms with Crippen LogP contribution in [0, 0.1) is 0 Å². The highest BCUT2D eigenvalue weighted by atomic mass is 16.3. The van der Waals surface area contributed by atoms with E-state index in [0.717, 1.165) is 22.3 Å². The van der Waals surface area contributed by atoms with Gasteiger partial charge in [0.05, 0.1) is 5.52 Å². The Kier molecular flexibility index (Phi) is 3.99. The van der Waals surface area contributed by atoms with Gasteiger partial charge in [0.2, 0.25) is 0 Å². The van der Waals surface area contributed by atoms with Crippen LogP contribution in [0.2, 0.25) is 0 Å². The molecule has 3 aromatic rings. The Balaban J connectivity index is 1.74. The predicted octanol–water partition coefficient (Wildman–Crippen LogP) is 4.14. The van der Waals surface area contributed by atoms with Crippen LogP contribution in [-0.2, 0) is 0 Å². The summed E-state index contributed by atoms with van der Waals surface area (Å²) in [5, 5.41) is 14.6. The van der Waals surface area contributed by atoms with Gasteiger partial charge in [-0.2, -0.15) is 0 Å². The van der Waals surface area contributed by atoms with Gasteiger partial charge < -0.3 is 10.4 Å². The molecule has 5 heteroatoms. The Morgan fingerprint density at radius 3 is 2.75 bits per heavy atom. The minimum atomic E-state index is 0.225. The number of aromatic nitrogens is 3. The maximum atomic E-state index is 10.1. The molecule has 2 N–H and O–H groups in total. The third-order valence-corrected chi connectivity index (χ3v) is 4.69. The number of nitrogens with one attached hydrogen (secondary N) is 1. The third-order valence-electron chi connectivity index (χ3n) is 4.69. The highest BCUT2D eigenvalue weighted by Crippen LogP contribution is 2.32. The largest absolute Gasteiger partial charge is 0.507 e. The minimum Gasteiger partial charge on any atom is -0.507 e. The lowest BCUT2D eigenvalue weighted by Crippen LogP contribution is -2.23. The first kappa shape index (κ1) is 14.9. The fourth-order valence-corrected chi connectivity index (χ4v) is 3.39. The van der Waals surface area contributed by atoms with Crippen molar-refractivity contribution >= 4 is 16.7 Å². The number of hydrogen-bond acceptors (Lipinski definition) is 5. The Hall–Kier alpha value is -2.69. The van der Waals surface area contributed by atoms with Gasteiger partial charge in [-0.1, -0.05) is 25.3 Å². The molecule has 5 nitrogen and oxygen atoms in total. The summed E-state index contributed by atoms with van der Waals surface area (Å²) in [7, 11) is 0. The summed E-state index contributed by atoms with van der Waals surface area (Å²) >= 11 is 0. The Bertz CT molecular complexity index is 859. The number of rotatable bonds is 3. The first-order valence-corrected chi connectivity index (χ1v) is 8.46. The third kappa shape index (κ3) is 2.89. The lowest BCUT2D eigenvalue weighted by atomic mass is 9.95. The van der Waals surface area contributed by atoms with Crippen LogP contribution in [0.5, 0.6) is 5.75 Å². The molecule has 2 aromatic heterocycles. The van der Waals surface area contributed by atoms with Crippen LogP contribution in [-0.4, -0.2) is 26.1 Å². The average molecular weight is 320 g/mol. The van der Waals surface area contributed by atoms with Crippen LogP contribution in [0.15, 0.2) is 43.0 Å². The molecule has 1 aliphatic carbocycles. The average Bonchev–Trinajstić information content (AvgIpc) is 2.63. The van der Waals surface area contributed by atoms with E-state index in [-0.39, 0.29) is 5.75 Å². The van der Waals surface area contributed by atoms with Crippen LogP contribution >= 0.6 is 0 Å². The van der Waals surface area contributed by atoms with E-state index in [2.05, 4.69) is 20.3 Å². The van der Waals surface area contributed by atoms with Crippen molar-refractivity contribution in [3.8, 4) is 16.9 Å². The second kappa shape index (κ2) is 6.43. The van der Waals surface area contributed by atoms with Crippen LogP contribution in [0.3, 0.4) is 0 Å². The molecule has 0 saturated heterocycles. The molecule has 1 saturated carbocycles. The molecular formula is C19H20N4O. The highest BCUT2D eigenvalue weighted by molar-refractivity contribution is 5.93. The second-order valence-corrected chi connectivity index (χ2v) is 6.33. The number of hydrogen-bond donors (Lipinski definition) is 2. The summed E-state index contributed by atoms with van der Waals surface area (Å²) < 4.78 is 0. The lowest BCUT2D eigenvalue weighted by molar-refractivity contribution is 0.462. The zero-order valence-electron chi connectivity index (χ0n) is 13.4. The molecule has 0 unspecified atom stereocenters. The van der Waals surface area contributed by atoms with Crippen molar-refractivity contribution in [2.24, 2.45) is 0 Å². The van der Waals surface area contributed by atoms with Crippen molar-refractivity contribution < 1.29 is 5.11 Å². The van der Waals surface area contributed by atoms with Crippen LogP contribution in [0.25, 0.3) is 22.0 Å². The number of pyridine rings is 1. The van der Waals surface area contributed by atoms with Gasteiger partial charge in [0.25, 0.3) is 0 Å². The molecule has 24 heavy (non-hydrogen) atoms. The molecular weight excluding hydrogens is 300 g/mol. The summed E-state index contributed by atoms with van der Waals surface area (Å²) in [6, 6.07) is 8.02. The number of benzene rings is 1. The topological polar surface area (TPSA) is 70.9 Å². The molecule has 1 aromatic carbocycles. The SMILES string of the molecule is Oc1ccncc1-c1ccc2ncnc(NC3CCCCC3)c2c1. The number of fused-ring (bicyclic) bond motifs is 1. The van der Waals surface area contributed by atoms with Crippen LogP contribution in [0.1, 0.15) is 32.1 Å². The van der Waals surface area contributed by atoms with Gasteiger partial charge in [-0.25, -0.2) is 9.97 Å². The summed E-state index contributed by atoms with van der Waals surface area (Å²) in [6.07, 6.45) is 11.1. The van der Waals surface area contributed by atoms with Gasteiger partial charge in [0.1, 0.15) is 17.9 Å². The van der Waals surface area contributed by atoms with Gasteiger partial charge in [0.15, 0.2) is 0 Å². The quantitative estimate of drug-likeness (QED) is 0.759. The van der Waals surface area contributed by atoms with E-state index in [1.807, 2.05) is 18.2 Å². The van der Waals surface area contributed by atoms with E-state index in [9.17, 15) is 5.11 Å². The lowest BCUT2D eigenvalue weighted by Gasteiger charge is -2.23. The van der Waals surface area contributed by atoms with Crippen molar-refractivity contribution in [3.63, 3.8) is 0 Å². The zero-order valence-corrected chi connectivity index (χ0v) is 13.4. The molecule has 2 heterocycles. The molecule has 1 fully saturated rings. The summed E-state index contributed by atoms with van der Waals surface area (Å²) in [5.41, 5.74) is 2.52. The van der Waals surface area contributed by atoms with E-state index >= 15 is 0 Å². The van der Waals surface area contributed by atoms with E-state index in [1.54, 1.807) is 24.8 Å². The zero-order chi connectivity index (χ0) is 16.4. The van der Waals surface area contributed by atoms with Gasteiger partial charge in [-0.15, -0.1) is 0 Å². The highest BCUT2D eigenvalue weighted by Gasteiger charge is 2.15. The Morgan fingerprint density at radius 2 is 1.92 bits per heavy atom. The fraction of sp³-hybridized carbons (Fsp3) is 0.316. The van der Waals surface area contributed by atoms with Crippen LogP contribution < -0.4 is 5.32 Å². The van der Waals surface area contributed by atoms with Gasteiger partial charge >= 0.3 is 0 Å². The van der Waals surface area contributed by atoms with E-state index in [4.69, 9.17) is 0 Å². The summed E-state index contributed by atoms with van der Waals surface area (Å²) in [5.74, 6) is 1.10. The Labute approximate surface area is 140 Å². The fourth-order valence-electron chi connectivity index (χ4n) is 3.39. The van der Waals surface area contributed by atoms with E-state index in [1.165, 1.54) is 32.1 Å². The smallest absolute Gasteiger partial charge is 0.137 e. The molecule has 122 valence electrons.